The summed E-state index contributed by atoms with van der Waals surface area (Å²) in [5.41, 5.74) is 1.64. The van der Waals surface area contributed by atoms with Crippen molar-refractivity contribution in [2.75, 3.05) is 6.61 Å². The molecule has 0 saturated carbocycles. The summed E-state index contributed by atoms with van der Waals surface area (Å²) in [4.78, 5) is 25.1. The fourth-order valence-electron chi connectivity index (χ4n) is 3.00. The molecule has 0 bridgehead atoms. The van der Waals surface area contributed by atoms with Gasteiger partial charge in [-0.2, -0.15) is 0 Å². The quantitative estimate of drug-likeness (QED) is 0.850. The van der Waals surface area contributed by atoms with Crippen LogP contribution in [0.1, 0.15) is 41.0 Å². The summed E-state index contributed by atoms with van der Waals surface area (Å²) in [6.07, 6.45) is 0.369. The van der Waals surface area contributed by atoms with E-state index in [0.29, 0.717) is 28.7 Å². The molecule has 20 heavy (non-hydrogen) atoms. The second-order valence-electron chi connectivity index (χ2n) is 5.30. The first-order valence-electron chi connectivity index (χ1n) is 6.77. The van der Waals surface area contributed by atoms with Crippen LogP contribution in [0, 0.1) is 5.92 Å². The molecule has 0 aromatic heterocycles. The van der Waals surface area contributed by atoms with Crippen molar-refractivity contribution < 1.29 is 19.4 Å². The molecule has 0 radical (unpaired) electrons. The van der Waals surface area contributed by atoms with E-state index in [9.17, 15) is 14.7 Å². The molecular weight excluding hydrogens is 256 g/mol. The van der Waals surface area contributed by atoms with Gasteiger partial charge in [0.15, 0.2) is 17.4 Å². The molecule has 3 rings (SSSR count). The lowest BCUT2D eigenvalue weighted by Gasteiger charge is -2.40. The number of hydrogen-bond donors (Lipinski definition) is 1. The van der Waals surface area contributed by atoms with Gasteiger partial charge in [-0.25, -0.2) is 0 Å². The van der Waals surface area contributed by atoms with Gasteiger partial charge >= 0.3 is 0 Å². The molecule has 2 atom stereocenters. The average Bonchev–Trinajstić information content (AvgIpc) is 2.47. The van der Waals surface area contributed by atoms with E-state index in [1.165, 1.54) is 0 Å². The monoisotopic (exact) mass is 272 g/mol. The van der Waals surface area contributed by atoms with Crippen molar-refractivity contribution in [1.29, 1.82) is 0 Å². The molecular formula is C16H16O4. The van der Waals surface area contributed by atoms with Gasteiger partial charge in [-0.05, 0) is 6.42 Å². The number of aliphatic hydroxyl groups is 1. The lowest BCUT2D eigenvalue weighted by atomic mass is 9.75. The van der Waals surface area contributed by atoms with Crippen molar-refractivity contribution in [3.05, 3.63) is 46.5 Å². The van der Waals surface area contributed by atoms with Crippen molar-refractivity contribution >= 4 is 11.6 Å². The van der Waals surface area contributed by atoms with Gasteiger partial charge in [0.25, 0.3) is 0 Å². The van der Waals surface area contributed by atoms with Gasteiger partial charge in [-0.3, -0.25) is 9.59 Å². The highest BCUT2D eigenvalue weighted by Crippen LogP contribution is 2.40. The largest absolute Gasteiger partial charge is 0.365 e. The predicted octanol–water partition coefficient (Wildman–Crippen LogP) is 2.13. The van der Waals surface area contributed by atoms with Crippen LogP contribution in [0.5, 0.6) is 0 Å². The fraction of sp³-hybridized carbons (Fsp3) is 0.375. The van der Waals surface area contributed by atoms with Crippen molar-refractivity contribution in [2.24, 2.45) is 5.92 Å². The molecule has 0 amide bonds. The van der Waals surface area contributed by atoms with Crippen molar-refractivity contribution in [1.82, 2.24) is 0 Å². The minimum Gasteiger partial charge on any atom is -0.365 e. The van der Waals surface area contributed by atoms with Gasteiger partial charge < -0.3 is 9.84 Å². The number of fused-ring (bicyclic) bond motifs is 1. The number of rotatable bonds is 1. The van der Waals surface area contributed by atoms with Gasteiger partial charge in [0.2, 0.25) is 0 Å². The average molecular weight is 272 g/mol. The Morgan fingerprint density at radius 1 is 1.25 bits per heavy atom. The summed E-state index contributed by atoms with van der Waals surface area (Å²) in [5.74, 6) is -2.22. The van der Waals surface area contributed by atoms with Crippen LogP contribution in [0.2, 0.25) is 0 Å². The van der Waals surface area contributed by atoms with Crippen molar-refractivity contribution in [3.8, 4) is 0 Å². The molecule has 0 unspecified atom stereocenters. The summed E-state index contributed by atoms with van der Waals surface area (Å²) in [6.45, 7) is 3.52. The van der Waals surface area contributed by atoms with Crippen molar-refractivity contribution in [2.45, 2.75) is 26.1 Å². The lowest BCUT2D eigenvalue weighted by Crippen LogP contribution is -2.47. The minimum absolute atomic E-state index is 0.0110. The van der Waals surface area contributed by atoms with Crippen molar-refractivity contribution in [3.63, 3.8) is 0 Å². The highest BCUT2D eigenvalue weighted by Gasteiger charge is 2.46. The smallest absolute Gasteiger partial charge is 0.192 e. The summed E-state index contributed by atoms with van der Waals surface area (Å²) >= 11 is 0. The molecule has 1 aliphatic heterocycles. The first kappa shape index (κ1) is 13.2. The molecule has 1 aromatic carbocycles. The molecule has 1 heterocycles. The summed E-state index contributed by atoms with van der Waals surface area (Å²) in [6, 6.07) is 6.80. The minimum atomic E-state index is -1.37. The van der Waals surface area contributed by atoms with E-state index < -0.39 is 11.7 Å². The first-order valence-corrected chi connectivity index (χ1v) is 6.77. The van der Waals surface area contributed by atoms with Crippen LogP contribution in [0.25, 0.3) is 0 Å². The van der Waals surface area contributed by atoms with Crippen LogP contribution in [0.15, 0.2) is 35.4 Å². The van der Waals surface area contributed by atoms with Crippen LogP contribution in [-0.2, 0) is 4.74 Å². The molecule has 2 aliphatic rings. The number of ether oxygens (including phenoxy) is 1. The Kier molecular flexibility index (Phi) is 2.88. The predicted molar refractivity (Wildman–Crippen MR) is 72.5 cm³/mol. The topological polar surface area (TPSA) is 63.6 Å². The second kappa shape index (κ2) is 4.36. The maximum atomic E-state index is 12.6. The molecule has 104 valence electrons. The number of ketones is 2. The SMILES string of the molecule is CC[C@@]1(O)OCC2=C(C(=O)c3ccccc3C2=O)[C@H]1C. The summed E-state index contributed by atoms with van der Waals surface area (Å²) in [7, 11) is 0. The van der Waals surface area contributed by atoms with E-state index in [-0.39, 0.29) is 18.2 Å². The molecule has 4 heteroatoms. The lowest BCUT2D eigenvalue weighted by molar-refractivity contribution is -0.228. The summed E-state index contributed by atoms with van der Waals surface area (Å²) in [5, 5.41) is 10.4. The number of Topliss-reactive ketones (excluding diaryl/α,β-unsaturated/α-hetero) is 2. The van der Waals surface area contributed by atoms with Gasteiger partial charge in [-0.1, -0.05) is 38.1 Å². The molecule has 0 saturated heterocycles. The number of carbonyl (C=O) groups excluding carboxylic acids is 2. The Morgan fingerprint density at radius 3 is 2.45 bits per heavy atom. The normalized spacial score (nSPS) is 29.2. The maximum absolute atomic E-state index is 12.6. The standard InChI is InChI=1S/C16H16O4/c1-3-16(19)9(2)13-12(8-20-16)14(17)10-6-4-5-7-11(10)15(13)18/h4-7,9,19H,3,8H2,1-2H3/t9-,16-/m1/s1. The van der Waals surface area contributed by atoms with E-state index in [1.807, 2.05) is 0 Å². The summed E-state index contributed by atoms with van der Waals surface area (Å²) < 4.78 is 5.45. The first-order chi connectivity index (χ1) is 9.49. The number of hydrogen-bond acceptors (Lipinski definition) is 4. The van der Waals surface area contributed by atoms with E-state index in [2.05, 4.69) is 0 Å². The number of benzene rings is 1. The molecule has 1 N–H and O–H groups in total. The van der Waals surface area contributed by atoms with Crippen LogP contribution in [0.3, 0.4) is 0 Å². The zero-order chi connectivity index (χ0) is 14.5. The van der Waals surface area contributed by atoms with Crippen LogP contribution >= 0.6 is 0 Å². The molecule has 0 fully saturated rings. The third-order valence-corrected chi connectivity index (χ3v) is 4.34. The van der Waals surface area contributed by atoms with E-state index in [1.54, 1.807) is 38.1 Å². The maximum Gasteiger partial charge on any atom is 0.192 e. The van der Waals surface area contributed by atoms with E-state index in [0.717, 1.165) is 0 Å². The highest BCUT2D eigenvalue weighted by molar-refractivity contribution is 6.27. The van der Waals surface area contributed by atoms with Crippen LogP contribution in [0.4, 0.5) is 0 Å². The molecule has 1 aromatic rings. The third kappa shape index (κ3) is 1.62. The van der Waals surface area contributed by atoms with E-state index in [4.69, 9.17) is 4.74 Å². The highest BCUT2D eigenvalue weighted by atomic mass is 16.6. The molecule has 1 aliphatic carbocycles. The Hall–Kier alpha value is -1.78. The zero-order valence-corrected chi connectivity index (χ0v) is 11.5. The van der Waals surface area contributed by atoms with Gasteiger partial charge in [0, 0.05) is 28.2 Å². The molecule has 4 nitrogen and oxygen atoms in total. The third-order valence-electron chi connectivity index (χ3n) is 4.34. The Balaban J connectivity index is 2.17. The zero-order valence-electron chi connectivity index (χ0n) is 11.5. The van der Waals surface area contributed by atoms with Gasteiger partial charge in [0.05, 0.1) is 6.61 Å². The van der Waals surface area contributed by atoms with Crippen LogP contribution < -0.4 is 0 Å². The Bertz CT molecular complexity index is 644. The Labute approximate surface area is 117 Å². The number of carbonyl (C=O) groups is 2. The van der Waals surface area contributed by atoms with Gasteiger partial charge in [-0.15, -0.1) is 0 Å². The fourth-order valence-corrected chi connectivity index (χ4v) is 3.00. The molecule has 0 spiro atoms. The van der Waals surface area contributed by atoms with E-state index >= 15 is 0 Å². The van der Waals surface area contributed by atoms with Gasteiger partial charge in [0.1, 0.15) is 0 Å². The second-order valence-corrected chi connectivity index (χ2v) is 5.30. The van der Waals surface area contributed by atoms with Crippen LogP contribution in [-0.4, -0.2) is 29.1 Å². The Morgan fingerprint density at radius 2 is 1.85 bits per heavy atom.